The Morgan fingerprint density at radius 1 is 0.931 bits per heavy atom. The third-order valence-corrected chi connectivity index (χ3v) is 5.38. The van der Waals surface area contributed by atoms with Crippen LogP contribution >= 0.6 is 47.8 Å². The van der Waals surface area contributed by atoms with Gasteiger partial charge in [-0.15, -0.1) is 0 Å². The van der Waals surface area contributed by atoms with Crippen molar-refractivity contribution >= 4 is 65.6 Å². The first-order valence-corrected chi connectivity index (χ1v) is 10.9. The molecule has 0 aliphatic rings. The fourth-order valence-corrected chi connectivity index (χ4v) is 4.92. The zero-order valence-corrected chi connectivity index (χ0v) is 19.8. The minimum atomic E-state index is -0.264. The Bertz CT molecular complexity index is 1000. The molecule has 0 aliphatic heterocycles. The number of carbonyl (C=O) groups excluding carboxylic acids is 1. The molecule has 148 valence electrons. The highest BCUT2D eigenvalue weighted by Crippen LogP contribution is 2.34. The maximum atomic E-state index is 12.1. The summed E-state index contributed by atoms with van der Waals surface area (Å²) in [5.41, 5.74) is 4.11. The third-order valence-electron chi connectivity index (χ3n) is 3.67. The quantitative estimate of drug-likeness (QED) is 0.253. The van der Waals surface area contributed by atoms with Gasteiger partial charge in [0, 0.05) is 13.4 Å². The van der Waals surface area contributed by atoms with Gasteiger partial charge in [0.1, 0.15) is 11.5 Å². The second kappa shape index (κ2) is 10.6. The molecule has 0 heterocycles. The molecular formula is C21H16Br3N3O2. The van der Waals surface area contributed by atoms with Crippen LogP contribution in [0.2, 0.25) is 0 Å². The van der Waals surface area contributed by atoms with Gasteiger partial charge in [-0.25, -0.2) is 5.43 Å². The number of hydrogen-bond acceptors (Lipinski definition) is 4. The van der Waals surface area contributed by atoms with Crippen molar-refractivity contribution in [2.45, 2.75) is 0 Å². The van der Waals surface area contributed by atoms with Gasteiger partial charge < -0.3 is 10.1 Å². The van der Waals surface area contributed by atoms with Crippen molar-refractivity contribution < 1.29 is 9.53 Å². The molecule has 0 spiro atoms. The second-order valence-electron chi connectivity index (χ2n) is 5.88. The maximum absolute atomic E-state index is 12.1. The highest BCUT2D eigenvalue weighted by Gasteiger charge is 2.08. The topological polar surface area (TPSA) is 62.7 Å². The van der Waals surface area contributed by atoms with E-state index in [0.29, 0.717) is 5.75 Å². The normalized spacial score (nSPS) is 10.7. The van der Waals surface area contributed by atoms with Crippen LogP contribution in [0.25, 0.3) is 0 Å². The summed E-state index contributed by atoms with van der Waals surface area (Å²) < 4.78 is 8.40. The van der Waals surface area contributed by atoms with Gasteiger partial charge in [0.2, 0.25) is 0 Å². The summed E-state index contributed by atoms with van der Waals surface area (Å²) in [6, 6.07) is 20.8. The third kappa shape index (κ3) is 6.69. The van der Waals surface area contributed by atoms with E-state index in [2.05, 4.69) is 63.6 Å². The Morgan fingerprint density at radius 3 is 2.34 bits per heavy atom. The zero-order valence-electron chi connectivity index (χ0n) is 15.0. The number of rotatable bonds is 7. The van der Waals surface area contributed by atoms with Crippen LogP contribution in [0.15, 0.2) is 85.2 Å². The lowest BCUT2D eigenvalue weighted by molar-refractivity contribution is -0.119. The number of carbonyl (C=O) groups is 1. The molecule has 0 bridgehead atoms. The van der Waals surface area contributed by atoms with E-state index in [9.17, 15) is 4.79 Å². The van der Waals surface area contributed by atoms with Gasteiger partial charge in [0.25, 0.3) is 5.91 Å². The van der Waals surface area contributed by atoms with E-state index in [1.165, 1.54) is 0 Å². The SMILES string of the molecule is O=C(CNc1c(Br)cc(Br)cc1Br)N/N=C/c1cccc(Oc2ccccc2)c1. The molecule has 3 rings (SSSR count). The Morgan fingerprint density at radius 2 is 1.62 bits per heavy atom. The number of halogens is 3. The van der Waals surface area contributed by atoms with E-state index in [-0.39, 0.29) is 12.5 Å². The minimum absolute atomic E-state index is 0.0767. The Labute approximate surface area is 193 Å². The lowest BCUT2D eigenvalue weighted by Gasteiger charge is -2.10. The Balaban J connectivity index is 1.53. The van der Waals surface area contributed by atoms with Crippen LogP contribution in [0.5, 0.6) is 11.5 Å². The van der Waals surface area contributed by atoms with E-state index in [4.69, 9.17) is 4.74 Å². The van der Waals surface area contributed by atoms with Gasteiger partial charge in [-0.3, -0.25) is 4.79 Å². The zero-order chi connectivity index (χ0) is 20.6. The average molecular weight is 582 g/mol. The Hall–Kier alpha value is -2.16. The standard InChI is InChI=1S/C21H16Br3N3O2/c22-15-10-18(23)21(19(24)11-15)25-13-20(28)27-26-12-14-5-4-8-17(9-14)29-16-6-2-1-3-7-16/h1-12,25H,13H2,(H,27,28)/b26-12+. The first-order valence-electron chi connectivity index (χ1n) is 8.54. The number of nitrogens with one attached hydrogen (secondary N) is 2. The molecule has 0 radical (unpaired) electrons. The van der Waals surface area contributed by atoms with Gasteiger partial charge in [-0.05, 0) is 73.8 Å². The van der Waals surface area contributed by atoms with Crippen molar-refractivity contribution in [2.75, 3.05) is 11.9 Å². The van der Waals surface area contributed by atoms with Crippen molar-refractivity contribution in [1.29, 1.82) is 0 Å². The monoisotopic (exact) mass is 579 g/mol. The van der Waals surface area contributed by atoms with Crippen LogP contribution in [-0.4, -0.2) is 18.7 Å². The maximum Gasteiger partial charge on any atom is 0.259 e. The van der Waals surface area contributed by atoms with Crippen LogP contribution in [0.1, 0.15) is 5.56 Å². The lowest BCUT2D eigenvalue weighted by atomic mass is 10.2. The van der Waals surface area contributed by atoms with Crippen molar-refractivity contribution in [2.24, 2.45) is 5.10 Å². The fourth-order valence-electron chi connectivity index (χ4n) is 2.38. The number of para-hydroxylation sites is 1. The van der Waals surface area contributed by atoms with Crippen molar-refractivity contribution in [1.82, 2.24) is 5.43 Å². The van der Waals surface area contributed by atoms with E-state index >= 15 is 0 Å². The number of hydrazone groups is 1. The van der Waals surface area contributed by atoms with Gasteiger partial charge in [0.05, 0.1) is 18.4 Å². The summed E-state index contributed by atoms with van der Waals surface area (Å²) >= 11 is 10.3. The van der Waals surface area contributed by atoms with E-state index < -0.39 is 0 Å². The van der Waals surface area contributed by atoms with E-state index in [0.717, 1.165) is 30.4 Å². The van der Waals surface area contributed by atoms with Gasteiger partial charge in [0.15, 0.2) is 0 Å². The van der Waals surface area contributed by atoms with Crippen molar-refractivity contribution in [3.05, 3.63) is 85.7 Å². The van der Waals surface area contributed by atoms with Crippen LogP contribution in [0, 0.1) is 0 Å². The molecule has 0 unspecified atom stereocenters. The molecule has 2 N–H and O–H groups in total. The van der Waals surface area contributed by atoms with E-state index in [1.807, 2.05) is 66.7 Å². The molecule has 0 saturated carbocycles. The summed E-state index contributed by atoms with van der Waals surface area (Å²) in [6.45, 7) is 0.0767. The molecule has 0 saturated heterocycles. The van der Waals surface area contributed by atoms with Crippen LogP contribution < -0.4 is 15.5 Å². The van der Waals surface area contributed by atoms with Crippen LogP contribution in [-0.2, 0) is 4.79 Å². The molecule has 0 aromatic heterocycles. The number of hydrogen-bond donors (Lipinski definition) is 2. The fraction of sp³-hybridized carbons (Fsp3) is 0.0476. The number of nitrogens with zero attached hydrogens (tertiary/aromatic N) is 1. The summed E-state index contributed by atoms with van der Waals surface area (Å²) in [6.07, 6.45) is 1.57. The predicted octanol–water partition coefficient (Wildman–Crippen LogP) is 6.33. The molecule has 0 aliphatic carbocycles. The van der Waals surface area contributed by atoms with E-state index in [1.54, 1.807) is 6.21 Å². The molecule has 5 nitrogen and oxygen atoms in total. The average Bonchev–Trinajstić information content (AvgIpc) is 2.68. The highest BCUT2D eigenvalue weighted by atomic mass is 79.9. The molecule has 29 heavy (non-hydrogen) atoms. The van der Waals surface area contributed by atoms with Gasteiger partial charge in [-0.2, -0.15) is 5.10 Å². The van der Waals surface area contributed by atoms with Crippen LogP contribution in [0.4, 0.5) is 5.69 Å². The minimum Gasteiger partial charge on any atom is -0.457 e. The summed E-state index contributed by atoms with van der Waals surface area (Å²) in [4.78, 5) is 12.1. The number of ether oxygens (including phenoxy) is 1. The lowest BCUT2D eigenvalue weighted by Crippen LogP contribution is -2.26. The number of amides is 1. The molecule has 0 atom stereocenters. The number of anilines is 1. The summed E-state index contributed by atoms with van der Waals surface area (Å²) in [7, 11) is 0. The number of benzene rings is 3. The smallest absolute Gasteiger partial charge is 0.259 e. The predicted molar refractivity (Wildman–Crippen MR) is 127 cm³/mol. The van der Waals surface area contributed by atoms with Gasteiger partial charge >= 0.3 is 0 Å². The molecule has 8 heteroatoms. The first kappa shape index (κ1) is 21.5. The first-order chi connectivity index (χ1) is 14.0. The summed E-state index contributed by atoms with van der Waals surface area (Å²) in [5.74, 6) is 1.18. The molecule has 3 aromatic rings. The molecular weight excluding hydrogens is 566 g/mol. The second-order valence-corrected chi connectivity index (χ2v) is 8.50. The van der Waals surface area contributed by atoms with Crippen molar-refractivity contribution in [3.8, 4) is 11.5 Å². The summed E-state index contributed by atoms with van der Waals surface area (Å²) in [5, 5.41) is 7.08. The van der Waals surface area contributed by atoms with Crippen LogP contribution in [0.3, 0.4) is 0 Å². The Kier molecular flexibility index (Phi) is 7.85. The largest absolute Gasteiger partial charge is 0.457 e. The molecule has 3 aromatic carbocycles. The molecule has 1 amide bonds. The van der Waals surface area contributed by atoms with Crippen molar-refractivity contribution in [3.63, 3.8) is 0 Å². The van der Waals surface area contributed by atoms with Gasteiger partial charge in [-0.1, -0.05) is 46.3 Å². The molecule has 0 fully saturated rings. The highest BCUT2D eigenvalue weighted by molar-refractivity contribution is 9.11.